The Kier molecular flexibility index (Phi) is 3.15. The van der Waals surface area contributed by atoms with E-state index < -0.39 is 11.7 Å². The molecule has 0 spiro atoms. The molecular weight excluding hydrogens is 243 g/mol. The average molecular weight is 255 g/mol. The first-order chi connectivity index (χ1) is 8.43. The lowest BCUT2D eigenvalue weighted by molar-refractivity contribution is -0.137. The Morgan fingerprint density at radius 3 is 2.22 bits per heavy atom. The second-order valence-electron chi connectivity index (χ2n) is 4.01. The van der Waals surface area contributed by atoms with Crippen molar-refractivity contribution in [1.82, 2.24) is 5.16 Å². The zero-order chi connectivity index (χ0) is 13.3. The SMILES string of the molecule is CCc1noc(-c2ccc(C(F)(F)F)cc2)c1C. The second-order valence-corrected chi connectivity index (χ2v) is 4.01. The highest BCUT2D eigenvalue weighted by Gasteiger charge is 2.30. The van der Waals surface area contributed by atoms with E-state index in [2.05, 4.69) is 5.16 Å². The Morgan fingerprint density at radius 1 is 1.17 bits per heavy atom. The maximum atomic E-state index is 12.4. The fourth-order valence-electron chi connectivity index (χ4n) is 1.78. The minimum absolute atomic E-state index is 0.528. The van der Waals surface area contributed by atoms with E-state index in [9.17, 15) is 13.2 Å². The Morgan fingerprint density at radius 2 is 1.78 bits per heavy atom. The third kappa shape index (κ3) is 2.25. The fourth-order valence-corrected chi connectivity index (χ4v) is 1.78. The van der Waals surface area contributed by atoms with Gasteiger partial charge in [-0.3, -0.25) is 0 Å². The van der Waals surface area contributed by atoms with Crippen LogP contribution in [-0.4, -0.2) is 5.16 Å². The number of aromatic nitrogens is 1. The molecule has 0 aliphatic rings. The molecule has 0 aliphatic heterocycles. The van der Waals surface area contributed by atoms with Gasteiger partial charge in [0, 0.05) is 11.1 Å². The molecule has 0 radical (unpaired) electrons. The standard InChI is InChI=1S/C13H12F3NO/c1-3-11-8(2)12(18-17-11)9-4-6-10(7-5-9)13(14,15)16/h4-7H,3H2,1-2H3. The monoisotopic (exact) mass is 255 g/mol. The first-order valence-corrected chi connectivity index (χ1v) is 5.56. The molecule has 2 nitrogen and oxygen atoms in total. The lowest BCUT2D eigenvalue weighted by Crippen LogP contribution is -2.03. The molecular formula is C13H12F3NO. The van der Waals surface area contributed by atoms with Gasteiger partial charge < -0.3 is 4.52 Å². The normalized spacial score (nSPS) is 11.8. The fraction of sp³-hybridized carbons (Fsp3) is 0.308. The maximum absolute atomic E-state index is 12.4. The zero-order valence-electron chi connectivity index (χ0n) is 10.0. The molecule has 0 saturated heterocycles. The lowest BCUT2D eigenvalue weighted by atomic mass is 10.1. The summed E-state index contributed by atoms with van der Waals surface area (Å²) in [6.07, 6.45) is -3.58. The Labute approximate surface area is 102 Å². The molecule has 5 heteroatoms. The van der Waals surface area contributed by atoms with E-state index in [0.29, 0.717) is 11.3 Å². The van der Waals surface area contributed by atoms with Crippen molar-refractivity contribution < 1.29 is 17.7 Å². The van der Waals surface area contributed by atoms with Crippen LogP contribution in [0.25, 0.3) is 11.3 Å². The largest absolute Gasteiger partial charge is 0.416 e. The van der Waals surface area contributed by atoms with Gasteiger partial charge in [-0.05, 0) is 25.5 Å². The van der Waals surface area contributed by atoms with Crippen molar-refractivity contribution in [2.45, 2.75) is 26.4 Å². The van der Waals surface area contributed by atoms with Crippen LogP contribution in [0.5, 0.6) is 0 Å². The molecule has 0 N–H and O–H groups in total. The summed E-state index contributed by atoms with van der Waals surface area (Å²) in [5.41, 5.74) is 1.63. The summed E-state index contributed by atoms with van der Waals surface area (Å²) >= 11 is 0. The van der Waals surface area contributed by atoms with E-state index in [4.69, 9.17) is 4.52 Å². The van der Waals surface area contributed by atoms with Gasteiger partial charge in [0.1, 0.15) is 0 Å². The molecule has 2 aromatic rings. The summed E-state index contributed by atoms with van der Waals surface area (Å²) in [6.45, 7) is 3.80. The van der Waals surface area contributed by atoms with Crippen molar-refractivity contribution in [1.29, 1.82) is 0 Å². The Bertz CT molecular complexity index is 540. The smallest absolute Gasteiger partial charge is 0.356 e. The summed E-state index contributed by atoms with van der Waals surface area (Å²) in [6, 6.07) is 4.89. The zero-order valence-corrected chi connectivity index (χ0v) is 10.0. The van der Waals surface area contributed by atoms with Crippen molar-refractivity contribution in [3.63, 3.8) is 0 Å². The van der Waals surface area contributed by atoms with Gasteiger partial charge in [0.2, 0.25) is 0 Å². The van der Waals surface area contributed by atoms with Crippen molar-refractivity contribution in [2.24, 2.45) is 0 Å². The summed E-state index contributed by atoms with van der Waals surface area (Å²) in [4.78, 5) is 0. The van der Waals surface area contributed by atoms with E-state index >= 15 is 0 Å². The van der Waals surface area contributed by atoms with Gasteiger partial charge in [0.05, 0.1) is 11.3 Å². The van der Waals surface area contributed by atoms with E-state index in [-0.39, 0.29) is 0 Å². The predicted octanol–water partition coefficient (Wildman–Crippen LogP) is 4.23. The minimum Gasteiger partial charge on any atom is -0.356 e. The summed E-state index contributed by atoms with van der Waals surface area (Å²) in [7, 11) is 0. The van der Waals surface area contributed by atoms with Gasteiger partial charge in [-0.15, -0.1) is 0 Å². The maximum Gasteiger partial charge on any atom is 0.416 e. The second kappa shape index (κ2) is 4.48. The van der Waals surface area contributed by atoms with Crippen LogP contribution in [0.4, 0.5) is 13.2 Å². The number of hydrogen-bond acceptors (Lipinski definition) is 2. The number of halogens is 3. The molecule has 0 fully saturated rings. The van der Waals surface area contributed by atoms with Crippen LogP contribution in [0.3, 0.4) is 0 Å². The molecule has 0 amide bonds. The van der Waals surface area contributed by atoms with Gasteiger partial charge in [0.25, 0.3) is 0 Å². The highest BCUT2D eigenvalue weighted by Crippen LogP contribution is 2.32. The highest BCUT2D eigenvalue weighted by atomic mass is 19.4. The van der Waals surface area contributed by atoms with Crippen LogP contribution in [0.2, 0.25) is 0 Å². The summed E-state index contributed by atoms with van der Waals surface area (Å²) in [5.74, 6) is 0.528. The van der Waals surface area contributed by atoms with E-state index in [1.165, 1.54) is 12.1 Å². The molecule has 96 valence electrons. The van der Waals surface area contributed by atoms with Gasteiger partial charge in [-0.1, -0.05) is 24.2 Å². The molecule has 0 bridgehead atoms. The van der Waals surface area contributed by atoms with Gasteiger partial charge >= 0.3 is 6.18 Å². The lowest BCUT2D eigenvalue weighted by Gasteiger charge is -2.06. The van der Waals surface area contributed by atoms with E-state index in [0.717, 1.165) is 29.8 Å². The highest BCUT2D eigenvalue weighted by molar-refractivity contribution is 5.62. The first-order valence-electron chi connectivity index (χ1n) is 5.56. The van der Waals surface area contributed by atoms with E-state index in [1.807, 2.05) is 13.8 Å². The minimum atomic E-state index is -4.32. The molecule has 2 rings (SSSR count). The molecule has 0 aliphatic carbocycles. The van der Waals surface area contributed by atoms with Crippen molar-refractivity contribution in [3.05, 3.63) is 41.1 Å². The number of alkyl halides is 3. The molecule has 0 atom stereocenters. The summed E-state index contributed by atoms with van der Waals surface area (Å²) < 4.78 is 42.4. The number of rotatable bonds is 2. The number of benzene rings is 1. The number of hydrogen-bond donors (Lipinski definition) is 0. The molecule has 0 saturated carbocycles. The Hall–Kier alpha value is -1.78. The number of aryl methyl sites for hydroxylation is 1. The predicted molar refractivity (Wildman–Crippen MR) is 61.1 cm³/mol. The van der Waals surface area contributed by atoms with Gasteiger partial charge in [-0.25, -0.2) is 0 Å². The van der Waals surface area contributed by atoms with Crippen LogP contribution in [0.1, 0.15) is 23.7 Å². The molecule has 0 unspecified atom stereocenters. The van der Waals surface area contributed by atoms with Crippen molar-refractivity contribution >= 4 is 0 Å². The average Bonchev–Trinajstić information content (AvgIpc) is 2.69. The molecule has 1 heterocycles. The van der Waals surface area contributed by atoms with E-state index in [1.54, 1.807) is 0 Å². The van der Waals surface area contributed by atoms with Crippen LogP contribution in [0, 0.1) is 6.92 Å². The quantitative estimate of drug-likeness (QED) is 0.802. The summed E-state index contributed by atoms with van der Waals surface area (Å²) in [5, 5.41) is 3.88. The van der Waals surface area contributed by atoms with Crippen LogP contribution in [-0.2, 0) is 12.6 Å². The molecule has 18 heavy (non-hydrogen) atoms. The van der Waals surface area contributed by atoms with Crippen molar-refractivity contribution in [3.8, 4) is 11.3 Å². The topological polar surface area (TPSA) is 26.0 Å². The molecule has 1 aromatic carbocycles. The Balaban J connectivity index is 2.37. The van der Waals surface area contributed by atoms with Gasteiger partial charge in [0.15, 0.2) is 5.76 Å². The van der Waals surface area contributed by atoms with Gasteiger partial charge in [-0.2, -0.15) is 13.2 Å². The molecule has 1 aromatic heterocycles. The van der Waals surface area contributed by atoms with Crippen molar-refractivity contribution in [2.75, 3.05) is 0 Å². The van der Waals surface area contributed by atoms with Crippen LogP contribution < -0.4 is 0 Å². The first kappa shape index (κ1) is 12.7. The number of nitrogens with zero attached hydrogens (tertiary/aromatic N) is 1. The van der Waals surface area contributed by atoms with Crippen LogP contribution >= 0.6 is 0 Å². The van der Waals surface area contributed by atoms with Crippen LogP contribution in [0.15, 0.2) is 28.8 Å². The third-order valence-corrected chi connectivity index (χ3v) is 2.83. The third-order valence-electron chi connectivity index (χ3n) is 2.83.